The largest absolute Gasteiger partial charge is 0.207 e. The summed E-state index contributed by atoms with van der Waals surface area (Å²) in [5.41, 5.74) is 2.93. The number of nitrogens with zero attached hydrogens (tertiary/aromatic N) is 1. The molecule has 22 heavy (non-hydrogen) atoms. The first-order chi connectivity index (χ1) is 10.3. The SMILES string of the molecule is CC1=CCCC(C)(C)C1/C=C/C(C)=C(F)/C=C/C([13CH3])=C\C#N. The molecule has 0 fully saturated rings. The first-order valence-corrected chi connectivity index (χ1v) is 7.73. The summed E-state index contributed by atoms with van der Waals surface area (Å²) in [5.74, 6) is 0.0883. The van der Waals surface area contributed by atoms with Crippen molar-refractivity contribution < 1.29 is 4.39 Å². The standard InChI is InChI=1S/C20H26FN/c1-15(12-14-22)8-11-19(21)17(3)9-10-18-16(2)7-6-13-20(18,4)5/h7-12,18H,6,13H2,1-5H3/b10-9+,11-8+,15-12-,19-17-/i1+1. The zero-order chi connectivity index (χ0) is 16.8. The Hall–Kier alpha value is -1.88. The average Bonchev–Trinajstić information content (AvgIpc) is 2.43. The van der Waals surface area contributed by atoms with Crippen LogP contribution in [0.1, 0.15) is 47.5 Å². The normalized spacial score (nSPS) is 23.4. The van der Waals surface area contributed by atoms with Crippen LogP contribution in [0.2, 0.25) is 0 Å². The van der Waals surface area contributed by atoms with Crippen LogP contribution in [0.3, 0.4) is 0 Å². The highest BCUT2D eigenvalue weighted by Crippen LogP contribution is 2.41. The maximum absolute atomic E-state index is 14.1. The van der Waals surface area contributed by atoms with Crippen LogP contribution in [-0.2, 0) is 0 Å². The van der Waals surface area contributed by atoms with E-state index in [2.05, 4.69) is 32.9 Å². The summed E-state index contributed by atoms with van der Waals surface area (Å²) in [6.45, 7) is 10.2. The second-order valence-corrected chi connectivity index (χ2v) is 6.69. The zero-order valence-corrected chi connectivity index (χ0v) is 14.3. The first kappa shape index (κ1) is 18.2. The Labute approximate surface area is 134 Å². The van der Waals surface area contributed by atoms with Gasteiger partial charge in [-0.15, -0.1) is 0 Å². The van der Waals surface area contributed by atoms with E-state index < -0.39 is 0 Å². The van der Waals surface area contributed by atoms with Crippen molar-refractivity contribution in [2.45, 2.75) is 47.5 Å². The summed E-state index contributed by atoms with van der Waals surface area (Å²) in [6.07, 6.45) is 13.0. The molecule has 1 nitrogen and oxygen atoms in total. The van der Waals surface area contributed by atoms with E-state index in [1.165, 1.54) is 17.7 Å². The highest BCUT2D eigenvalue weighted by atomic mass is 19.1. The topological polar surface area (TPSA) is 23.8 Å². The number of hydrogen-bond donors (Lipinski definition) is 0. The van der Waals surface area contributed by atoms with Crippen molar-refractivity contribution in [2.24, 2.45) is 11.3 Å². The summed E-state index contributed by atoms with van der Waals surface area (Å²) in [7, 11) is 0. The van der Waals surface area contributed by atoms with Gasteiger partial charge >= 0.3 is 0 Å². The summed E-state index contributed by atoms with van der Waals surface area (Å²) >= 11 is 0. The Morgan fingerprint density at radius 3 is 2.59 bits per heavy atom. The smallest absolute Gasteiger partial charge is 0.126 e. The number of rotatable bonds is 4. The third-order valence-electron chi connectivity index (χ3n) is 4.29. The van der Waals surface area contributed by atoms with Crippen molar-refractivity contribution in [3.8, 4) is 6.07 Å². The van der Waals surface area contributed by atoms with E-state index in [4.69, 9.17) is 5.26 Å². The van der Waals surface area contributed by atoms with Crippen LogP contribution in [0.4, 0.5) is 4.39 Å². The Morgan fingerprint density at radius 1 is 1.32 bits per heavy atom. The van der Waals surface area contributed by atoms with E-state index in [9.17, 15) is 4.39 Å². The molecule has 0 aromatic rings. The minimum atomic E-state index is -0.266. The lowest BCUT2D eigenvalue weighted by Crippen LogP contribution is -2.26. The van der Waals surface area contributed by atoms with E-state index in [-0.39, 0.29) is 11.2 Å². The van der Waals surface area contributed by atoms with E-state index in [0.717, 1.165) is 18.4 Å². The molecule has 0 radical (unpaired) electrons. The lowest BCUT2D eigenvalue weighted by atomic mass is 9.68. The van der Waals surface area contributed by atoms with Crippen molar-refractivity contribution in [3.63, 3.8) is 0 Å². The molecule has 1 unspecified atom stereocenters. The molecule has 1 aliphatic rings. The molecule has 0 spiro atoms. The second kappa shape index (κ2) is 7.94. The van der Waals surface area contributed by atoms with Crippen molar-refractivity contribution >= 4 is 0 Å². The van der Waals surface area contributed by atoms with Gasteiger partial charge in [0.25, 0.3) is 0 Å². The maximum Gasteiger partial charge on any atom is 0.126 e. The zero-order valence-electron chi connectivity index (χ0n) is 14.3. The summed E-state index contributed by atoms with van der Waals surface area (Å²) in [6, 6.07) is 1.93. The van der Waals surface area contributed by atoms with Gasteiger partial charge in [0.05, 0.1) is 6.07 Å². The fourth-order valence-corrected chi connectivity index (χ4v) is 2.79. The fraction of sp³-hybridized carbons (Fsp3) is 0.450. The molecule has 0 aromatic carbocycles. The quantitative estimate of drug-likeness (QED) is 0.262. The first-order valence-electron chi connectivity index (χ1n) is 7.73. The van der Waals surface area contributed by atoms with Gasteiger partial charge in [0.2, 0.25) is 0 Å². The number of nitriles is 1. The van der Waals surface area contributed by atoms with E-state index in [1.807, 2.05) is 12.1 Å². The van der Waals surface area contributed by atoms with E-state index in [1.54, 1.807) is 19.9 Å². The summed E-state index contributed by atoms with van der Waals surface area (Å²) in [4.78, 5) is 0. The number of allylic oxidation sites excluding steroid dienone is 10. The van der Waals surface area contributed by atoms with Crippen LogP contribution in [-0.4, -0.2) is 0 Å². The number of hydrogen-bond acceptors (Lipinski definition) is 1. The van der Waals surface area contributed by atoms with Crippen LogP contribution in [0.5, 0.6) is 0 Å². The van der Waals surface area contributed by atoms with Gasteiger partial charge in [0.1, 0.15) is 5.83 Å². The monoisotopic (exact) mass is 300 g/mol. The molecule has 0 aromatic heterocycles. The molecule has 0 aliphatic heterocycles. The Bertz CT molecular complexity index is 592. The average molecular weight is 300 g/mol. The maximum atomic E-state index is 14.1. The molecule has 1 rings (SSSR count). The lowest BCUT2D eigenvalue weighted by Gasteiger charge is -2.36. The van der Waals surface area contributed by atoms with Crippen LogP contribution in [0, 0.1) is 22.7 Å². The minimum absolute atomic E-state index is 0.216. The third kappa shape index (κ3) is 5.15. The van der Waals surface area contributed by atoms with E-state index >= 15 is 0 Å². The second-order valence-electron chi connectivity index (χ2n) is 6.69. The molecule has 0 N–H and O–H groups in total. The van der Waals surface area contributed by atoms with Crippen LogP contribution >= 0.6 is 0 Å². The van der Waals surface area contributed by atoms with Gasteiger partial charge in [0, 0.05) is 12.0 Å². The van der Waals surface area contributed by atoms with Crippen molar-refractivity contribution in [1.82, 2.24) is 0 Å². The molecule has 0 heterocycles. The van der Waals surface area contributed by atoms with Gasteiger partial charge in [-0.25, -0.2) is 4.39 Å². The minimum Gasteiger partial charge on any atom is -0.207 e. The highest BCUT2D eigenvalue weighted by Gasteiger charge is 2.30. The molecule has 0 amide bonds. The Morgan fingerprint density at radius 2 is 2.00 bits per heavy atom. The predicted molar refractivity (Wildman–Crippen MR) is 91.7 cm³/mol. The van der Waals surface area contributed by atoms with Crippen LogP contribution in [0.25, 0.3) is 0 Å². The molecule has 2 heteroatoms. The van der Waals surface area contributed by atoms with Gasteiger partial charge in [-0.05, 0) is 56.3 Å². The number of halogens is 1. The molecular formula is C20H26FN. The molecule has 0 saturated carbocycles. The fourth-order valence-electron chi connectivity index (χ4n) is 2.79. The van der Waals surface area contributed by atoms with Crippen LogP contribution < -0.4 is 0 Å². The van der Waals surface area contributed by atoms with Crippen molar-refractivity contribution in [1.29, 1.82) is 5.26 Å². The van der Waals surface area contributed by atoms with Crippen LogP contribution in [0.15, 0.2) is 59.0 Å². The third-order valence-corrected chi connectivity index (χ3v) is 4.29. The molecular weight excluding hydrogens is 274 g/mol. The van der Waals surface area contributed by atoms with Gasteiger partial charge in [-0.3, -0.25) is 0 Å². The Balaban J connectivity index is 2.90. The highest BCUT2D eigenvalue weighted by molar-refractivity contribution is 5.33. The molecule has 0 saturated heterocycles. The van der Waals surface area contributed by atoms with Gasteiger partial charge < -0.3 is 0 Å². The molecule has 0 bridgehead atoms. The molecule has 118 valence electrons. The van der Waals surface area contributed by atoms with Crippen molar-refractivity contribution in [3.05, 3.63) is 59.0 Å². The lowest BCUT2D eigenvalue weighted by molar-refractivity contribution is 0.255. The van der Waals surface area contributed by atoms with Gasteiger partial charge in [0.15, 0.2) is 0 Å². The predicted octanol–water partition coefficient (Wildman–Crippen LogP) is 6.19. The summed E-state index contributed by atoms with van der Waals surface area (Å²) in [5, 5.41) is 8.53. The summed E-state index contributed by atoms with van der Waals surface area (Å²) < 4.78 is 14.1. The van der Waals surface area contributed by atoms with E-state index in [0.29, 0.717) is 11.5 Å². The van der Waals surface area contributed by atoms with Gasteiger partial charge in [-0.2, -0.15) is 5.26 Å². The molecule has 1 atom stereocenters. The Kier molecular flexibility index (Phi) is 6.56. The van der Waals surface area contributed by atoms with Gasteiger partial charge in [-0.1, -0.05) is 43.7 Å². The van der Waals surface area contributed by atoms with Crippen molar-refractivity contribution in [2.75, 3.05) is 0 Å². The molecule has 1 aliphatic carbocycles.